The lowest BCUT2D eigenvalue weighted by atomic mass is 9.81. The summed E-state index contributed by atoms with van der Waals surface area (Å²) in [5.74, 6) is 0.884. The molecule has 1 saturated carbocycles. The Morgan fingerprint density at radius 3 is 1.58 bits per heavy atom. The molecule has 0 aromatic rings. The van der Waals surface area contributed by atoms with Crippen LogP contribution in [0.1, 0.15) is 91.9 Å². The lowest BCUT2D eigenvalue weighted by molar-refractivity contribution is -0.155. The summed E-state index contributed by atoms with van der Waals surface area (Å²) in [5, 5.41) is 0. The standard InChI is InChI=1S/C22H40O4/c1-17(2)10-5-7-14-25-21(23)19-12-9-13-20(16-19)22(24)26-15-8-6-11-18(3)4/h17-20H,5-16H2,1-4H3. The van der Waals surface area contributed by atoms with Crippen LogP contribution in [0.4, 0.5) is 0 Å². The van der Waals surface area contributed by atoms with E-state index in [-0.39, 0.29) is 23.8 Å². The van der Waals surface area contributed by atoms with E-state index in [2.05, 4.69) is 27.7 Å². The lowest BCUT2D eigenvalue weighted by Crippen LogP contribution is -2.30. The molecule has 0 aromatic carbocycles. The van der Waals surface area contributed by atoms with Gasteiger partial charge in [-0.3, -0.25) is 9.59 Å². The third-order valence-electron chi connectivity index (χ3n) is 5.18. The van der Waals surface area contributed by atoms with Gasteiger partial charge in [0.2, 0.25) is 0 Å². The maximum Gasteiger partial charge on any atom is 0.308 e. The van der Waals surface area contributed by atoms with Crippen LogP contribution in [0.5, 0.6) is 0 Å². The van der Waals surface area contributed by atoms with Gasteiger partial charge in [0.25, 0.3) is 0 Å². The van der Waals surface area contributed by atoms with Gasteiger partial charge in [-0.1, -0.05) is 47.0 Å². The summed E-state index contributed by atoms with van der Waals surface area (Å²) in [5.41, 5.74) is 0. The molecular formula is C22H40O4. The van der Waals surface area contributed by atoms with Crippen molar-refractivity contribution in [2.24, 2.45) is 23.7 Å². The third kappa shape index (κ3) is 10.2. The highest BCUT2D eigenvalue weighted by atomic mass is 16.5. The van der Waals surface area contributed by atoms with Crippen molar-refractivity contribution in [3.05, 3.63) is 0 Å². The van der Waals surface area contributed by atoms with Crippen molar-refractivity contribution in [3.8, 4) is 0 Å². The topological polar surface area (TPSA) is 52.6 Å². The number of carbonyl (C=O) groups is 2. The van der Waals surface area contributed by atoms with Crippen molar-refractivity contribution < 1.29 is 19.1 Å². The number of rotatable bonds is 12. The van der Waals surface area contributed by atoms with E-state index >= 15 is 0 Å². The number of hydrogen-bond donors (Lipinski definition) is 0. The van der Waals surface area contributed by atoms with Crippen LogP contribution in [0.25, 0.3) is 0 Å². The Morgan fingerprint density at radius 1 is 0.769 bits per heavy atom. The average Bonchev–Trinajstić information content (AvgIpc) is 2.60. The second kappa shape index (κ2) is 13.2. The molecule has 0 spiro atoms. The van der Waals surface area contributed by atoms with Crippen LogP contribution in [-0.4, -0.2) is 25.2 Å². The number of unbranched alkanes of at least 4 members (excludes halogenated alkanes) is 2. The minimum Gasteiger partial charge on any atom is -0.465 e. The molecule has 0 bridgehead atoms. The summed E-state index contributed by atoms with van der Waals surface area (Å²) in [6.07, 6.45) is 9.57. The fraction of sp³-hybridized carbons (Fsp3) is 0.909. The smallest absolute Gasteiger partial charge is 0.308 e. The SMILES string of the molecule is CC(C)CCCCOC(=O)C1CCCC(C(=O)OCCCCC(C)C)C1. The Morgan fingerprint density at radius 2 is 1.19 bits per heavy atom. The van der Waals surface area contributed by atoms with Crippen molar-refractivity contribution in [1.82, 2.24) is 0 Å². The second-order valence-electron chi connectivity index (χ2n) is 8.67. The normalized spacial score (nSPS) is 20.4. The zero-order valence-corrected chi connectivity index (χ0v) is 17.4. The zero-order valence-electron chi connectivity index (χ0n) is 17.4. The zero-order chi connectivity index (χ0) is 19.4. The molecule has 4 nitrogen and oxygen atoms in total. The Hall–Kier alpha value is -1.06. The van der Waals surface area contributed by atoms with Crippen LogP contribution in [0, 0.1) is 23.7 Å². The first-order valence-electron chi connectivity index (χ1n) is 10.7. The molecule has 0 amide bonds. The van der Waals surface area contributed by atoms with Crippen LogP contribution in [0.3, 0.4) is 0 Å². The highest BCUT2D eigenvalue weighted by Crippen LogP contribution is 2.31. The van der Waals surface area contributed by atoms with Crippen LogP contribution in [0.15, 0.2) is 0 Å². The van der Waals surface area contributed by atoms with E-state index in [1.807, 2.05) is 0 Å². The molecule has 0 saturated heterocycles. The maximum atomic E-state index is 12.3. The van der Waals surface area contributed by atoms with E-state index in [9.17, 15) is 9.59 Å². The molecule has 26 heavy (non-hydrogen) atoms. The van der Waals surface area contributed by atoms with Gasteiger partial charge in [0.05, 0.1) is 25.0 Å². The molecular weight excluding hydrogens is 328 g/mol. The van der Waals surface area contributed by atoms with E-state index < -0.39 is 0 Å². The van der Waals surface area contributed by atoms with Gasteiger partial charge < -0.3 is 9.47 Å². The Labute approximate surface area is 160 Å². The lowest BCUT2D eigenvalue weighted by Gasteiger charge is -2.26. The maximum absolute atomic E-state index is 12.3. The number of esters is 2. The molecule has 1 fully saturated rings. The van der Waals surface area contributed by atoms with Crippen LogP contribution >= 0.6 is 0 Å². The summed E-state index contributed by atoms with van der Waals surface area (Å²) >= 11 is 0. The van der Waals surface area contributed by atoms with Gasteiger partial charge in [0.15, 0.2) is 0 Å². The largest absolute Gasteiger partial charge is 0.465 e. The van der Waals surface area contributed by atoms with Gasteiger partial charge in [-0.2, -0.15) is 0 Å². The van der Waals surface area contributed by atoms with Gasteiger partial charge >= 0.3 is 11.9 Å². The third-order valence-corrected chi connectivity index (χ3v) is 5.18. The first kappa shape index (κ1) is 23.0. The first-order valence-corrected chi connectivity index (χ1v) is 10.7. The van der Waals surface area contributed by atoms with Crippen molar-refractivity contribution in [1.29, 1.82) is 0 Å². The Kier molecular flexibility index (Phi) is 11.6. The molecule has 1 rings (SSSR count). The average molecular weight is 369 g/mol. The van der Waals surface area contributed by atoms with E-state index in [0.29, 0.717) is 31.5 Å². The van der Waals surface area contributed by atoms with Crippen LogP contribution in [0.2, 0.25) is 0 Å². The summed E-state index contributed by atoms with van der Waals surface area (Å²) in [7, 11) is 0. The van der Waals surface area contributed by atoms with Gasteiger partial charge in [0.1, 0.15) is 0 Å². The highest BCUT2D eigenvalue weighted by molar-refractivity contribution is 5.76. The Balaban J connectivity index is 2.21. The Bertz CT molecular complexity index is 367. The number of carbonyl (C=O) groups excluding carboxylic acids is 2. The van der Waals surface area contributed by atoms with E-state index in [1.54, 1.807) is 0 Å². The molecule has 0 heterocycles. The summed E-state index contributed by atoms with van der Waals surface area (Å²) in [6, 6.07) is 0. The van der Waals surface area contributed by atoms with Gasteiger partial charge in [-0.15, -0.1) is 0 Å². The van der Waals surface area contributed by atoms with Crippen molar-refractivity contribution in [3.63, 3.8) is 0 Å². The number of ether oxygens (including phenoxy) is 2. The fourth-order valence-corrected chi connectivity index (χ4v) is 3.51. The molecule has 2 unspecified atom stereocenters. The van der Waals surface area contributed by atoms with Gasteiger partial charge in [0, 0.05) is 0 Å². The quantitative estimate of drug-likeness (QED) is 0.335. The number of hydrogen-bond acceptors (Lipinski definition) is 4. The monoisotopic (exact) mass is 368 g/mol. The summed E-state index contributed by atoms with van der Waals surface area (Å²) in [6.45, 7) is 9.84. The molecule has 0 radical (unpaired) electrons. The molecule has 0 aliphatic heterocycles. The molecule has 4 heteroatoms. The minimum atomic E-state index is -0.132. The predicted octanol–water partition coefficient (Wildman–Crippen LogP) is 5.53. The summed E-state index contributed by atoms with van der Waals surface area (Å²) in [4.78, 5) is 24.5. The molecule has 0 aromatic heterocycles. The van der Waals surface area contributed by atoms with Crippen molar-refractivity contribution in [2.75, 3.05) is 13.2 Å². The molecule has 1 aliphatic carbocycles. The molecule has 0 N–H and O–H groups in total. The van der Waals surface area contributed by atoms with E-state index in [1.165, 1.54) is 12.8 Å². The molecule has 152 valence electrons. The molecule has 1 aliphatic rings. The summed E-state index contributed by atoms with van der Waals surface area (Å²) < 4.78 is 10.9. The van der Waals surface area contributed by atoms with Crippen molar-refractivity contribution in [2.45, 2.75) is 91.9 Å². The van der Waals surface area contributed by atoms with Crippen LogP contribution in [-0.2, 0) is 19.1 Å². The minimum absolute atomic E-state index is 0.121. The highest BCUT2D eigenvalue weighted by Gasteiger charge is 2.32. The van der Waals surface area contributed by atoms with E-state index in [0.717, 1.165) is 44.9 Å². The van der Waals surface area contributed by atoms with E-state index in [4.69, 9.17) is 9.47 Å². The second-order valence-corrected chi connectivity index (χ2v) is 8.67. The predicted molar refractivity (Wildman–Crippen MR) is 105 cm³/mol. The van der Waals surface area contributed by atoms with Gasteiger partial charge in [-0.25, -0.2) is 0 Å². The molecule has 2 atom stereocenters. The fourth-order valence-electron chi connectivity index (χ4n) is 3.51. The van der Waals surface area contributed by atoms with Crippen molar-refractivity contribution >= 4 is 11.9 Å². The van der Waals surface area contributed by atoms with Crippen LogP contribution < -0.4 is 0 Å². The van der Waals surface area contributed by atoms with Gasteiger partial charge in [-0.05, 0) is 56.8 Å². The first-order chi connectivity index (χ1) is 12.4.